The molecule has 168 valence electrons. The lowest BCUT2D eigenvalue weighted by Gasteiger charge is -2.35. The number of benzene rings is 2. The summed E-state index contributed by atoms with van der Waals surface area (Å²) in [4.78, 5) is 16.8. The predicted molar refractivity (Wildman–Crippen MR) is 118 cm³/mol. The second kappa shape index (κ2) is 10.7. The molecule has 0 atom stereocenters. The van der Waals surface area contributed by atoms with Crippen molar-refractivity contribution in [3.63, 3.8) is 0 Å². The monoisotopic (exact) mass is 450 g/mol. The van der Waals surface area contributed by atoms with E-state index in [4.69, 9.17) is 25.8 Å². The summed E-state index contributed by atoms with van der Waals surface area (Å²) in [6, 6.07) is 8.22. The first-order valence-corrected chi connectivity index (χ1v) is 10.6. The van der Waals surface area contributed by atoms with Crippen LogP contribution in [-0.2, 0) is 17.8 Å². The number of nitrogens with zero attached hydrogens (tertiary/aromatic N) is 2. The molecule has 0 N–H and O–H groups in total. The van der Waals surface area contributed by atoms with E-state index >= 15 is 0 Å². The topological polar surface area (TPSA) is 51.2 Å². The van der Waals surface area contributed by atoms with Gasteiger partial charge < -0.3 is 19.1 Å². The van der Waals surface area contributed by atoms with Gasteiger partial charge in [0.05, 0.1) is 21.3 Å². The zero-order chi connectivity index (χ0) is 22.4. The molecule has 3 rings (SSSR count). The molecule has 0 unspecified atom stereocenters. The number of hydrogen-bond donors (Lipinski definition) is 0. The van der Waals surface area contributed by atoms with Crippen molar-refractivity contribution in [3.05, 3.63) is 52.3 Å². The Hall–Kier alpha value is -2.51. The van der Waals surface area contributed by atoms with E-state index in [0.29, 0.717) is 54.7 Å². The summed E-state index contributed by atoms with van der Waals surface area (Å²) in [5.74, 6) is 1.48. The molecule has 0 bridgehead atoms. The Balaban J connectivity index is 1.52. The molecule has 0 aliphatic carbocycles. The summed E-state index contributed by atoms with van der Waals surface area (Å²) in [6.45, 7) is 3.47. The molecule has 2 aromatic rings. The van der Waals surface area contributed by atoms with E-state index in [1.807, 2.05) is 17.0 Å². The van der Waals surface area contributed by atoms with Gasteiger partial charge >= 0.3 is 0 Å². The first-order chi connectivity index (χ1) is 14.9. The molecule has 0 saturated carbocycles. The fourth-order valence-electron chi connectivity index (χ4n) is 3.74. The van der Waals surface area contributed by atoms with Gasteiger partial charge in [-0.05, 0) is 41.8 Å². The summed E-state index contributed by atoms with van der Waals surface area (Å²) in [5.41, 5.74) is 1.85. The molecular weight excluding hydrogens is 423 g/mol. The van der Waals surface area contributed by atoms with Crippen LogP contribution in [0.5, 0.6) is 17.2 Å². The number of carbonyl (C=O) groups excluding carboxylic acids is 1. The first-order valence-electron chi connectivity index (χ1n) is 10.2. The third-order valence-corrected chi connectivity index (χ3v) is 5.84. The second-order valence-electron chi connectivity index (χ2n) is 7.43. The minimum Gasteiger partial charge on any atom is -0.493 e. The molecule has 0 radical (unpaired) electrons. The number of methoxy groups -OCH3 is 3. The van der Waals surface area contributed by atoms with Crippen LogP contribution in [0.25, 0.3) is 0 Å². The first kappa shape index (κ1) is 23.2. The molecule has 1 saturated heterocycles. The van der Waals surface area contributed by atoms with Crippen molar-refractivity contribution in [1.82, 2.24) is 9.80 Å². The fourth-order valence-corrected chi connectivity index (χ4v) is 3.96. The molecule has 1 aliphatic rings. The Morgan fingerprint density at radius 1 is 1.00 bits per heavy atom. The van der Waals surface area contributed by atoms with Gasteiger partial charge in [-0.2, -0.15) is 0 Å². The lowest BCUT2D eigenvalue weighted by Crippen LogP contribution is -2.48. The van der Waals surface area contributed by atoms with Crippen molar-refractivity contribution in [2.45, 2.75) is 19.4 Å². The number of amides is 1. The molecule has 1 heterocycles. The molecule has 1 fully saturated rings. The smallest absolute Gasteiger partial charge is 0.222 e. The van der Waals surface area contributed by atoms with Crippen molar-refractivity contribution in [1.29, 1.82) is 0 Å². The molecule has 2 aromatic carbocycles. The zero-order valence-corrected chi connectivity index (χ0v) is 18.9. The van der Waals surface area contributed by atoms with Crippen LogP contribution in [0.1, 0.15) is 17.5 Å². The highest BCUT2D eigenvalue weighted by Crippen LogP contribution is 2.38. The summed E-state index contributed by atoms with van der Waals surface area (Å²) >= 11 is 6.13. The van der Waals surface area contributed by atoms with Crippen molar-refractivity contribution < 1.29 is 23.4 Å². The van der Waals surface area contributed by atoms with Gasteiger partial charge in [0.1, 0.15) is 5.82 Å². The van der Waals surface area contributed by atoms with Gasteiger partial charge in [-0.3, -0.25) is 9.69 Å². The maximum absolute atomic E-state index is 13.2. The highest BCUT2D eigenvalue weighted by Gasteiger charge is 2.22. The maximum atomic E-state index is 13.2. The summed E-state index contributed by atoms with van der Waals surface area (Å²) in [6.07, 6.45) is 0.989. The highest BCUT2D eigenvalue weighted by molar-refractivity contribution is 6.31. The van der Waals surface area contributed by atoms with E-state index in [1.165, 1.54) is 12.1 Å². The third kappa shape index (κ3) is 5.80. The van der Waals surface area contributed by atoms with Gasteiger partial charge in [0.25, 0.3) is 0 Å². The van der Waals surface area contributed by atoms with Gasteiger partial charge in [0.15, 0.2) is 11.5 Å². The number of rotatable bonds is 8. The van der Waals surface area contributed by atoms with Crippen LogP contribution in [0, 0.1) is 5.82 Å². The van der Waals surface area contributed by atoms with Gasteiger partial charge in [0, 0.05) is 44.2 Å². The fraction of sp³-hybridized carbons (Fsp3) is 0.435. The van der Waals surface area contributed by atoms with Crippen molar-refractivity contribution in [2.75, 3.05) is 47.5 Å². The van der Waals surface area contributed by atoms with Gasteiger partial charge in [-0.15, -0.1) is 0 Å². The Bertz CT molecular complexity index is 891. The van der Waals surface area contributed by atoms with Crippen LogP contribution >= 0.6 is 11.6 Å². The van der Waals surface area contributed by atoms with Gasteiger partial charge in [-0.1, -0.05) is 17.7 Å². The quantitative estimate of drug-likeness (QED) is 0.612. The molecule has 1 aliphatic heterocycles. The molecule has 1 amide bonds. The van der Waals surface area contributed by atoms with Crippen molar-refractivity contribution >= 4 is 17.5 Å². The minimum absolute atomic E-state index is 0.119. The van der Waals surface area contributed by atoms with Crippen LogP contribution in [0.2, 0.25) is 5.02 Å². The standard InChI is InChI=1S/C23H28ClFN2O4/c1-29-20-12-16(13-21(30-2)23(20)31-3)4-7-22(28)27-10-8-26(9-11-27)15-17-5-6-18(25)14-19(17)24/h5-6,12-14H,4,7-11,15H2,1-3H3. The SMILES string of the molecule is COc1cc(CCC(=O)N2CCN(Cc3ccc(F)cc3Cl)CC2)cc(OC)c1OC. The Morgan fingerprint density at radius 3 is 2.19 bits per heavy atom. The lowest BCUT2D eigenvalue weighted by atomic mass is 10.1. The number of carbonyl (C=O) groups is 1. The largest absolute Gasteiger partial charge is 0.493 e. The molecule has 8 heteroatoms. The van der Waals surface area contributed by atoms with Crippen molar-refractivity contribution in [3.8, 4) is 17.2 Å². The van der Waals surface area contributed by atoms with Gasteiger partial charge in [-0.25, -0.2) is 4.39 Å². The second-order valence-corrected chi connectivity index (χ2v) is 7.83. The average molecular weight is 451 g/mol. The molecule has 6 nitrogen and oxygen atoms in total. The maximum Gasteiger partial charge on any atom is 0.222 e. The number of hydrogen-bond acceptors (Lipinski definition) is 5. The number of halogens is 2. The average Bonchev–Trinajstić information content (AvgIpc) is 2.78. The third-order valence-electron chi connectivity index (χ3n) is 5.49. The van der Waals surface area contributed by atoms with E-state index in [2.05, 4.69) is 4.90 Å². The normalized spacial score (nSPS) is 14.4. The zero-order valence-electron chi connectivity index (χ0n) is 18.1. The van der Waals surface area contributed by atoms with Crippen LogP contribution in [-0.4, -0.2) is 63.2 Å². The van der Waals surface area contributed by atoms with E-state index < -0.39 is 0 Å². The Kier molecular flexibility index (Phi) is 7.98. The number of ether oxygens (including phenoxy) is 3. The summed E-state index contributed by atoms with van der Waals surface area (Å²) < 4.78 is 29.3. The van der Waals surface area contributed by atoms with Crippen LogP contribution in [0.4, 0.5) is 4.39 Å². The predicted octanol–water partition coefficient (Wildman–Crippen LogP) is 3.78. The molecular formula is C23H28ClFN2O4. The Labute approximate surface area is 187 Å². The van der Waals surface area contributed by atoms with E-state index in [-0.39, 0.29) is 11.7 Å². The Morgan fingerprint density at radius 2 is 1.65 bits per heavy atom. The number of aryl methyl sites for hydroxylation is 1. The molecule has 0 spiro atoms. The summed E-state index contributed by atoms with van der Waals surface area (Å²) in [7, 11) is 4.71. The lowest BCUT2D eigenvalue weighted by molar-refractivity contribution is -0.133. The molecule has 0 aromatic heterocycles. The van der Waals surface area contributed by atoms with E-state index in [1.54, 1.807) is 27.4 Å². The van der Waals surface area contributed by atoms with E-state index in [9.17, 15) is 9.18 Å². The van der Waals surface area contributed by atoms with Crippen molar-refractivity contribution in [2.24, 2.45) is 0 Å². The van der Waals surface area contributed by atoms with Gasteiger partial charge in [0.2, 0.25) is 11.7 Å². The minimum atomic E-state index is -0.337. The highest BCUT2D eigenvalue weighted by atomic mass is 35.5. The van der Waals surface area contributed by atoms with E-state index in [0.717, 1.165) is 24.2 Å². The van der Waals surface area contributed by atoms with Crippen LogP contribution in [0.3, 0.4) is 0 Å². The van der Waals surface area contributed by atoms with Crippen LogP contribution in [0.15, 0.2) is 30.3 Å². The van der Waals surface area contributed by atoms with Crippen LogP contribution < -0.4 is 14.2 Å². The summed E-state index contributed by atoms with van der Waals surface area (Å²) in [5, 5.41) is 0.434. The molecule has 31 heavy (non-hydrogen) atoms. The number of piperazine rings is 1.